The fourth-order valence-electron chi connectivity index (χ4n) is 3.66. The fourth-order valence-corrected chi connectivity index (χ4v) is 6.00. The molecule has 0 aromatic heterocycles. The average Bonchev–Trinajstić information content (AvgIpc) is 3.14. The number of anilines is 1. The molecule has 0 saturated heterocycles. The molecule has 35 heavy (non-hydrogen) atoms. The number of benzene rings is 2. The summed E-state index contributed by atoms with van der Waals surface area (Å²) in [6, 6.07) is 14.4. The number of nitrogens with zero attached hydrogens (tertiary/aromatic N) is 1. The maximum Gasteiger partial charge on any atom is 0.229 e. The van der Waals surface area contributed by atoms with Crippen LogP contribution in [0.25, 0.3) is 4.91 Å². The Kier molecular flexibility index (Phi) is 9.78. The third kappa shape index (κ3) is 6.87. The molecule has 0 spiro atoms. The Balaban J connectivity index is 1.78. The van der Waals surface area contributed by atoms with Crippen LogP contribution in [0.15, 0.2) is 63.5 Å². The van der Waals surface area contributed by atoms with Crippen LogP contribution >= 0.6 is 23.5 Å². The molecule has 1 atom stereocenters. The third-order valence-electron chi connectivity index (χ3n) is 6.12. The van der Waals surface area contributed by atoms with Crippen molar-refractivity contribution in [2.24, 2.45) is 5.73 Å². The molecule has 1 aliphatic heterocycles. The van der Waals surface area contributed by atoms with E-state index in [0.717, 1.165) is 50.9 Å². The van der Waals surface area contributed by atoms with Gasteiger partial charge in [0.15, 0.2) is 0 Å². The Morgan fingerprint density at radius 2 is 1.77 bits per heavy atom. The highest BCUT2D eigenvalue weighted by Crippen LogP contribution is 2.41. The van der Waals surface area contributed by atoms with E-state index in [9.17, 15) is 4.79 Å². The minimum atomic E-state index is -0.0816. The predicted molar refractivity (Wildman–Crippen MR) is 152 cm³/mol. The molecule has 0 saturated carbocycles. The maximum absolute atomic E-state index is 13.1. The van der Waals surface area contributed by atoms with E-state index in [1.54, 1.807) is 23.5 Å². The van der Waals surface area contributed by atoms with Crippen molar-refractivity contribution in [3.8, 4) is 5.75 Å². The molecule has 7 heteroatoms. The van der Waals surface area contributed by atoms with E-state index in [4.69, 9.17) is 10.5 Å². The lowest BCUT2D eigenvalue weighted by molar-refractivity contribution is -0.119. The molecule has 1 amide bonds. The monoisotopic (exact) mass is 511 g/mol. The van der Waals surface area contributed by atoms with Crippen LogP contribution in [0, 0.1) is 0 Å². The lowest BCUT2D eigenvalue weighted by Crippen LogP contribution is -2.32. The lowest BCUT2D eigenvalue weighted by Gasteiger charge is -2.18. The van der Waals surface area contributed by atoms with Gasteiger partial charge in [-0.3, -0.25) is 4.79 Å². The maximum atomic E-state index is 13.1. The van der Waals surface area contributed by atoms with E-state index in [1.165, 1.54) is 10.5 Å². The van der Waals surface area contributed by atoms with Gasteiger partial charge in [-0.15, -0.1) is 0 Å². The number of nitrogens with two attached hydrogens (primary N) is 1. The zero-order valence-electron chi connectivity index (χ0n) is 21.6. The molecule has 3 rings (SSSR count). The van der Waals surface area contributed by atoms with Crippen LogP contribution in [0.5, 0.6) is 5.75 Å². The summed E-state index contributed by atoms with van der Waals surface area (Å²) in [5.41, 5.74) is 11.7. The topological polar surface area (TPSA) is 67.6 Å². The van der Waals surface area contributed by atoms with Crippen molar-refractivity contribution in [3.63, 3.8) is 0 Å². The predicted octanol–water partition coefficient (Wildman–Crippen LogP) is 6.74. The van der Waals surface area contributed by atoms with E-state index in [0.29, 0.717) is 13.0 Å². The molecule has 0 aliphatic carbocycles. The molecule has 2 aromatic carbocycles. The summed E-state index contributed by atoms with van der Waals surface area (Å²) in [5.74, 6) is 0.851. The van der Waals surface area contributed by atoms with E-state index < -0.39 is 0 Å². The summed E-state index contributed by atoms with van der Waals surface area (Å²) in [7, 11) is 1.99. The molecule has 2 aromatic rings. The molecule has 1 aliphatic rings. The minimum Gasteiger partial charge on any atom is -0.494 e. The van der Waals surface area contributed by atoms with Gasteiger partial charge < -0.3 is 20.7 Å². The van der Waals surface area contributed by atoms with Crippen LogP contribution in [0.1, 0.15) is 58.6 Å². The number of hydrogen-bond acceptors (Lipinski definition) is 6. The van der Waals surface area contributed by atoms with Crippen LogP contribution in [0.2, 0.25) is 0 Å². The molecule has 0 radical (unpaired) electrons. The molecule has 3 N–H and O–H groups in total. The third-order valence-corrected chi connectivity index (χ3v) is 8.70. The van der Waals surface area contributed by atoms with Gasteiger partial charge in [-0.1, -0.05) is 61.1 Å². The van der Waals surface area contributed by atoms with Gasteiger partial charge in [-0.2, -0.15) is 0 Å². The van der Waals surface area contributed by atoms with Crippen LogP contribution in [-0.4, -0.2) is 25.1 Å². The number of allylic oxidation sites excluding steroid dienone is 2. The highest BCUT2D eigenvalue weighted by molar-refractivity contribution is 8.11. The Labute approximate surface area is 218 Å². The largest absolute Gasteiger partial charge is 0.494 e. The molecule has 1 unspecified atom stereocenters. The number of carbonyl (C=O) groups is 1. The van der Waals surface area contributed by atoms with Crippen molar-refractivity contribution in [3.05, 3.63) is 69.8 Å². The van der Waals surface area contributed by atoms with Crippen LogP contribution in [-0.2, 0) is 11.2 Å². The van der Waals surface area contributed by atoms with Crippen molar-refractivity contribution in [2.75, 3.05) is 18.6 Å². The van der Waals surface area contributed by atoms with Gasteiger partial charge in [0.1, 0.15) is 11.2 Å². The van der Waals surface area contributed by atoms with Crippen LogP contribution in [0.4, 0.5) is 5.69 Å². The second-order valence-corrected chi connectivity index (χ2v) is 10.8. The summed E-state index contributed by atoms with van der Waals surface area (Å²) in [6.07, 6.45) is 2.12. The highest BCUT2D eigenvalue weighted by Gasteiger charge is 2.24. The van der Waals surface area contributed by atoms with Crippen molar-refractivity contribution < 1.29 is 9.53 Å². The molecular weight excluding hydrogens is 474 g/mol. The lowest BCUT2D eigenvalue weighted by atomic mass is 10.1. The molecule has 1 heterocycles. The van der Waals surface area contributed by atoms with E-state index in [1.807, 2.05) is 32.2 Å². The summed E-state index contributed by atoms with van der Waals surface area (Å²) in [4.78, 5) is 17.5. The minimum absolute atomic E-state index is 0.0129. The summed E-state index contributed by atoms with van der Waals surface area (Å²) in [6.45, 7) is 11.2. The number of hydrogen-bond donors (Lipinski definition) is 2. The van der Waals surface area contributed by atoms with Crippen LogP contribution < -0.4 is 20.7 Å². The van der Waals surface area contributed by atoms with E-state index in [-0.39, 0.29) is 11.4 Å². The smallest absolute Gasteiger partial charge is 0.229 e. The average molecular weight is 512 g/mol. The first-order chi connectivity index (χ1) is 16.8. The second kappa shape index (κ2) is 12.6. The van der Waals surface area contributed by atoms with Crippen molar-refractivity contribution >= 4 is 40.0 Å². The van der Waals surface area contributed by atoms with Crippen molar-refractivity contribution in [1.82, 2.24) is 5.32 Å². The van der Waals surface area contributed by atoms with Gasteiger partial charge in [0.25, 0.3) is 0 Å². The fraction of sp³-hybridized carbons (Fsp3) is 0.393. The number of amides is 1. The molecule has 188 valence electrons. The molecular formula is C28H37N3O2S2. The quantitative estimate of drug-likeness (QED) is 0.368. The van der Waals surface area contributed by atoms with Gasteiger partial charge in [0, 0.05) is 16.8 Å². The normalized spacial score (nSPS) is 16.4. The zero-order valence-corrected chi connectivity index (χ0v) is 23.2. The Morgan fingerprint density at radius 1 is 1.09 bits per heavy atom. The Morgan fingerprint density at radius 3 is 2.40 bits per heavy atom. The molecule has 5 nitrogen and oxygen atoms in total. The van der Waals surface area contributed by atoms with Gasteiger partial charge in [0.2, 0.25) is 5.91 Å². The number of rotatable bonds is 10. The SMILES string of the molecule is CCOc1ccc(C(SC(NC(=O)Cc2ccc3c(c2)SC(N)N3C)=C(C)CC)=C(C)CC)cc1. The number of carbonyl (C=O) groups excluding carboxylic acids is 1. The van der Waals surface area contributed by atoms with Crippen molar-refractivity contribution in [1.29, 1.82) is 0 Å². The first-order valence-corrected chi connectivity index (χ1v) is 13.8. The summed E-state index contributed by atoms with van der Waals surface area (Å²) >= 11 is 3.27. The van der Waals surface area contributed by atoms with Gasteiger partial charge in [0.05, 0.1) is 23.7 Å². The van der Waals surface area contributed by atoms with Gasteiger partial charge in [-0.25, -0.2) is 0 Å². The molecule has 0 fully saturated rings. The van der Waals surface area contributed by atoms with Gasteiger partial charge in [-0.05, 0) is 74.6 Å². The van der Waals surface area contributed by atoms with E-state index >= 15 is 0 Å². The van der Waals surface area contributed by atoms with Crippen LogP contribution in [0.3, 0.4) is 0 Å². The summed E-state index contributed by atoms with van der Waals surface area (Å²) < 4.78 is 5.61. The first kappa shape index (κ1) is 27.2. The van der Waals surface area contributed by atoms with Crippen molar-refractivity contribution in [2.45, 2.75) is 64.3 Å². The Bertz CT molecular complexity index is 1110. The zero-order chi connectivity index (χ0) is 25.5. The summed E-state index contributed by atoms with van der Waals surface area (Å²) in [5, 5.41) is 4.12. The number of fused-ring (bicyclic) bond motifs is 1. The molecule has 0 bridgehead atoms. The standard InChI is InChI=1S/C28H37N3O2S2/c1-7-18(4)26(21-11-13-22(14-12-21)33-9-3)35-27(19(5)8-2)30-25(32)17-20-10-15-23-24(16-20)34-28(29)31(23)6/h10-16,28H,7-9,17,29H2,1-6H3,(H,30,32). The number of nitrogens with one attached hydrogen (secondary N) is 1. The highest BCUT2D eigenvalue weighted by atomic mass is 32.2. The second-order valence-electron chi connectivity index (χ2n) is 8.63. The van der Waals surface area contributed by atoms with E-state index in [2.05, 4.69) is 62.2 Å². The van der Waals surface area contributed by atoms with Gasteiger partial charge >= 0.3 is 0 Å². The Hall–Kier alpha value is -2.35. The number of thioether (sulfide) groups is 2. The number of ether oxygens (including phenoxy) is 1. The first-order valence-electron chi connectivity index (χ1n) is 12.2.